The normalized spacial score (nSPS) is 12.0. The second-order valence-corrected chi connectivity index (χ2v) is 13.2. The van der Waals surface area contributed by atoms with E-state index in [9.17, 15) is 17.6 Å². The number of hydrogen-bond donors (Lipinski definition) is 3. The molecule has 44 heavy (non-hydrogen) atoms. The zero-order chi connectivity index (χ0) is 31.2. The van der Waals surface area contributed by atoms with Crippen molar-refractivity contribution in [2.75, 3.05) is 17.3 Å². The molecule has 0 aliphatic rings. The number of aromatic nitrogens is 6. The summed E-state index contributed by atoms with van der Waals surface area (Å²) in [5.74, 6) is -1.35. The third-order valence-corrected chi connectivity index (χ3v) is 8.10. The van der Waals surface area contributed by atoms with E-state index < -0.39 is 21.5 Å². The summed E-state index contributed by atoms with van der Waals surface area (Å²) in [5.41, 5.74) is 4.23. The average Bonchev–Trinajstić information content (AvgIpc) is 3.60. The van der Waals surface area contributed by atoms with Gasteiger partial charge in [0.1, 0.15) is 27.2 Å². The van der Waals surface area contributed by atoms with E-state index in [-0.39, 0.29) is 46.5 Å². The lowest BCUT2D eigenvalue weighted by Gasteiger charge is -2.10. The smallest absolute Gasteiger partial charge is 0.226 e. The number of benzene rings is 2. The standard InChI is InChI=1S/C31H27F2N7O3S/c1-16(2)31(41)36-21-13-19(14-34-15-21)22-4-5-24-25(26(22)33)28(40-39-24)30-37-27-23(6-8-35-29(27)38-30)18-10-17(11-20(32)12-18)7-9-44(3,42)43/h4-6,8,10-16H,7,9H2,1-3H3,(H,36,41)(H,39,40)(H,35,37,38). The molecule has 0 radical (unpaired) electrons. The van der Waals surface area contributed by atoms with Crippen LogP contribution < -0.4 is 5.32 Å². The number of fused-ring (bicyclic) bond motifs is 2. The van der Waals surface area contributed by atoms with Crippen molar-refractivity contribution in [3.8, 4) is 33.8 Å². The number of hydrogen-bond acceptors (Lipinski definition) is 7. The Morgan fingerprint density at radius 2 is 1.84 bits per heavy atom. The first-order valence-electron chi connectivity index (χ1n) is 13.7. The van der Waals surface area contributed by atoms with Gasteiger partial charge < -0.3 is 10.3 Å². The Morgan fingerprint density at radius 3 is 2.61 bits per heavy atom. The Kier molecular flexibility index (Phi) is 7.41. The lowest BCUT2D eigenvalue weighted by Crippen LogP contribution is -2.17. The van der Waals surface area contributed by atoms with Crippen LogP contribution >= 0.6 is 0 Å². The van der Waals surface area contributed by atoms with Crippen LogP contribution in [-0.2, 0) is 21.1 Å². The molecule has 0 fully saturated rings. The van der Waals surface area contributed by atoms with Crippen LogP contribution in [0.2, 0.25) is 0 Å². The molecule has 2 aromatic carbocycles. The molecule has 6 rings (SSSR count). The van der Waals surface area contributed by atoms with Crippen LogP contribution in [0.5, 0.6) is 0 Å². The predicted octanol–water partition coefficient (Wildman–Crippen LogP) is 5.69. The third-order valence-electron chi connectivity index (χ3n) is 7.15. The van der Waals surface area contributed by atoms with Crippen LogP contribution in [0, 0.1) is 17.6 Å². The molecule has 224 valence electrons. The number of H-pyrrole nitrogens is 2. The maximum absolute atomic E-state index is 16.2. The van der Waals surface area contributed by atoms with Gasteiger partial charge in [0.25, 0.3) is 0 Å². The van der Waals surface area contributed by atoms with Gasteiger partial charge in [0.2, 0.25) is 5.91 Å². The summed E-state index contributed by atoms with van der Waals surface area (Å²) in [6.45, 7) is 3.54. The highest BCUT2D eigenvalue weighted by atomic mass is 32.2. The number of nitrogens with zero attached hydrogens (tertiary/aromatic N) is 4. The number of carbonyl (C=O) groups is 1. The van der Waals surface area contributed by atoms with Crippen LogP contribution in [0.4, 0.5) is 14.5 Å². The van der Waals surface area contributed by atoms with Gasteiger partial charge in [-0.1, -0.05) is 19.9 Å². The molecule has 4 heterocycles. The molecule has 0 saturated heterocycles. The van der Waals surface area contributed by atoms with Gasteiger partial charge in [0, 0.05) is 41.3 Å². The number of pyridine rings is 2. The highest BCUT2D eigenvalue weighted by Crippen LogP contribution is 2.35. The van der Waals surface area contributed by atoms with Crippen molar-refractivity contribution in [3.63, 3.8) is 0 Å². The van der Waals surface area contributed by atoms with E-state index in [4.69, 9.17) is 0 Å². The predicted molar refractivity (Wildman–Crippen MR) is 164 cm³/mol. The molecule has 0 unspecified atom stereocenters. The number of imidazole rings is 1. The minimum atomic E-state index is -3.23. The Morgan fingerprint density at radius 1 is 1.02 bits per heavy atom. The highest BCUT2D eigenvalue weighted by molar-refractivity contribution is 7.90. The molecule has 1 amide bonds. The second kappa shape index (κ2) is 11.2. The minimum Gasteiger partial charge on any atom is -0.335 e. The minimum absolute atomic E-state index is 0.109. The zero-order valence-electron chi connectivity index (χ0n) is 23.9. The fourth-order valence-corrected chi connectivity index (χ4v) is 5.53. The van der Waals surface area contributed by atoms with E-state index in [1.54, 1.807) is 44.2 Å². The molecule has 0 aliphatic heterocycles. The first-order valence-corrected chi connectivity index (χ1v) is 15.8. The summed E-state index contributed by atoms with van der Waals surface area (Å²) in [6, 6.07) is 11.0. The molecule has 0 atom stereocenters. The number of halogens is 2. The first-order chi connectivity index (χ1) is 21.0. The number of aryl methyl sites for hydroxylation is 1. The molecule has 13 heteroatoms. The van der Waals surface area contributed by atoms with Crippen molar-refractivity contribution in [2.45, 2.75) is 20.3 Å². The fraction of sp³-hybridized carbons (Fsp3) is 0.194. The van der Waals surface area contributed by atoms with Crippen molar-refractivity contribution >= 4 is 43.5 Å². The number of nitrogens with one attached hydrogen (secondary N) is 3. The monoisotopic (exact) mass is 615 g/mol. The van der Waals surface area contributed by atoms with Gasteiger partial charge in [-0.15, -0.1) is 0 Å². The second-order valence-electron chi connectivity index (χ2n) is 10.9. The van der Waals surface area contributed by atoms with Crippen LogP contribution in [0.1, 0.15) is 19.4 Å². The molecular weight excluding hydrogens is 588 g/mol. The third kappa shape index (κ3) is 5.78. The van der Waals surface area contributed by atoms with E-state index in [1.165, 1.54) is 30.7 Å². The molecule has 10 nitrogen and oxygen atoms in total. The summed E-state index contributed by atoms with van der Waals surface area (Å²) in [5, 5.41) is 10.1. The van der Waals surface area contributed by atoms with E-state index in [2.05, 4.69) is 35.5 Å². The fourth-order valence-electron chi connectivity index (χ4n) is 4.93. The number of carbonyl (C=O) groups excluding carboxylic acids is 1. The number of amides is 1. The van der Waals surface area contributed by atoms with Crippen molar-refractivity contribution < 1.29 is 22.0 Å². The number of sulfone groups is 1. The van der Waals surface area contributed by atoms with Gasteiger partial charge >= 0.3 is 0 Å². The van der Waals surface area contributed by atoms with Gasteiger partial charge in [0.15, 0.2) is 11.5 Å². The first kappa shape index (κ1) is 29.1. The summed E-state index contributed by atoms with van der Waals surface area (Å²) in [6.07, 6.45) is 5.83. The van der Waals surface area contributed by atoms with Crippen molar-refractivity contribution in [1.82, 2.24) is 30.1 Å². The van der Waals surface area contributed by atoms with Gasteiger partial charge in [-0.3, -0.25) is 14.9 Å². The molecule has 4 aromatic heterocycles. The van der Waals surface area contributed by atoms with Crippen LogP contribution in [0.3, 0.4) is 0 Å². The Hall–Kier alpha value is -5.04. The molecule has 0 bridgehead atoms. The molecular formula is C31H27F2N7O3S. The number of rotatable bonds is 8. The molecule has 0 saturated carbocycles. The lowest BCUT2D eigenvalue weighted by atomic mass is 10.0. The number of aromatic amines is 2. The molecule has 0 spiro atoms. The molecule has 0 aliphatic carbocycles. The van der Waals surface area contributed by atoms with Gasteiger partial charge in [-0.25, -0.2) is 27.2 Å². The van der Waals surface area contributed by atoms with Crippen molar-refractivity contribution in [2.24, 2.45) is 5.92 Å². The molecule has 3 N–H and O–H groups in total. The van der Waals surface area contributed by atoms with Crippen molar-refractivity contribution in [1.29, 1.82) is 0 Å². The summed E-state index contributed by atoms with van der Waals surface area (Å²) in [7, 11) is -3.23. The van der Waals surface area contributed by atoms with Gasteiger partial charge in [-0.05, 0) is 53.9 Å². The molecule has 6 aromatic rings. The van der Waals surface area contributed by atoms with Gasteiger partial charge in [-0.2, -0.15) is 5.10 Å². The Bertz CT molecular complexity index is 2170. The summed E-state index contributed by atoms with van der Waals surface area (Å²) >= 11 is 0. The van der Waals surface area contributed by atoms with E-state index in [1.807, 2.05) is 0 Å². The maximum atomic E-state index is 16.2. The lowest BCUT2D eigenvalue weighted by molar-refractivity contribution is -0.118. The summed E-state index contributed by atoms with van der Waals surface area (Å²) in [4.78, 5) is 28.4. The SMILES string of the molecule is CC(C)C(=O)Nc1cncc(-c2ccc3[nH]nc(-c4nc5nccc(-c6cc(F)cc(CCS(C)(=O)=O)c6)c5[nH]4)c3c2F)c1. The Labute approximate surface area is 250 Å². The van der Waals surface area contributed by atoms with E-state index in [0.29, 0.717) is 44.6 Å². The topological polar surface area (TPSA) is 146 Å². The van der Waals surface area contributed by atoms with E-state index >= 15 is 4.39 Å². The number of anilines is 1. The quantitative estimate of drug-likeness (QED) is 0.199. The van der Waals surface area contributed by atoms with Crippen molar-refractivity contribution in [3.05, 3.63) is 78.3 Å². The maximum Gasteiger partial charge on any atom is 0.226 e. The Balaban J connectivity index is 1.41. The van der Waals surface area contributed by atoms with Gasteiger partial charge in [0.05, 0.1) is 34.1 Å². The average molecular weight is 616 g/mol. The van der Waals surface area contributed by atoms with Crippen LogP contribution in [0.15, 0.2) is 61.1 Å². The summed E-state index contributed by atoms with van der Waals surface area (Å²) < 4.78 is 54.1. The zero-order valence-corrected chi connectivity index (χ0v) is 24.8. The van der Waals surface area contributed by atoms with E-state index in [0.717, 1.165) is 6.26 Å². The largest absolute Gasteiger partial charge is 0.335 e. The van der Waals surface area contributed by atoms with Crippen LogP contribution in [-0.4, -0.2) is 56.5 Å². The highest BCUT2D eigenvalue weighted by Gasteiger charge is 2.21. The van der Waals surface area contributed by atoms with Crippen LogP contribution in [0.25, 0.3) is 55.8 Å².